The molecule has 2 rings (SSSR count). The summed E-state index contributed by atoms with van der Waals surface area (Å²) in [5.74, 6) is 0.385. The molecule has 3 nitrogen and oxygen atoms in total. The van der Waals surface area contributed by atoms with Crippen LogP contribution in [0.5, 0.6) is 0 Å². The number of nitrogen functional groups attached to an aromatic ring is 1. The van der Waals surface area contributed by atoms with Gasteiger partial charge in [-0.2, -0.15) is 0 Å². The summed E-state index contributed by atoms with van der Waals surface area (Å²) in [7, 11) is 0. The molecular formula is C8H7ClN2O. The Morgan fingerprint density at radius 1 is 1.50 bits per heavy atom. The van der Waals surface area contributed by atoms with Gasteiger partial charge in [0, 0.05) is 5.02 Å². The van der Waals surface area contributed by atoms with Crippen LogP contribution in [0.1, 0.15) is 5.56 Å². The van der Waals surface area contributed by atoms with E-state index in [4.69, 9.17) is 21.9 Å². The van der Waals surface area contributed by atoms with E-state index in [1.807, 2.05) is 13.0 Å². The molecule has 1 aromatic heterocycles. The van der Waals surface area contributed by atoms with Crippen molar-refractivity contribution < 1.29 is 4.52 Å². The first-order chi connectivity index (χ1) is 5.68. The summed E-state index contributed by atoms with van der Waals surface area (Å²) in [6.07, 6.45) is 0. The van der Waals surface area contributed by atoms with Crippen LogP contribution in [0, 0.1) is 6.92 Å². The number of aromatic nitrogens is 1. The summed E-state index contributed by atoms with van der Waals surface area (Å²) < 4.78 is 5.00. The number of hydrogen-bond donors (Lipinski definition) is 1. The summed E-state index contributed by atoms with van der Waals surface area (Å²) in [4.78, 5) is 0. The van der Waals surface area contributed by atoms with Crippen LogP contribution < -0.4 is 5.73 Å². The van der Waals surface area contributed by atoms with E-state index in [1.54, 1.807) is 6.07 Å². The lowest BCUT2D eigenvalue weighted by atomic mass is 10.2. The Kier molecular flexibility index (Phi) is 1.48. The molecule has 0 aliphatic heterocycles. The highest BCUT2D eigenvalue weighted by Crippen LogP contribution is 2.27. The van der Waals surface area contributed by atoms with Crippen LogP contribution in [0.25, 0.3) is 11.0 Å². The van der Waals surface area contributed by atoms with E-state index >= 15 is 0 Å². The van der Waals surface area contributed by atoms with Gasteiger partial charge >= 0.3 is 0 Å². The van der Waals surface area contributed by atoms with Crippen LogP contribution in [0.4, 0.5) is 5.82 Å². The van der Waals surface area contributed by atoms with Gasteiger partial charge in [0.25, 0.3) is 0 Å². The van der Waals surface area contributed by atoms with E-state index in [-0.39, 0.29) is 0 Å². The standard InChI is InChI=1S/C8H7ClN2O/c1-4-2-5(9)3-6-7(4)12-11-8(6)10/h2-3H,1H3,(H2,10,11). The SMILES string of the molecule is Cc1cc(Cl)cc2c(N)noc12. The maximum atomic E-state index is 5.83. The van der Waals surface area contributed by atoms with Crippen LogP contribution in [-0.4, -0.2) is 5.16 Å². The Morgan fingerprint density at radius 2 is 2.25 bits per heavy atom. The molecule has 12 heavy (non-hydrogen) atoms. The molecule has 0 atom stereocenters. The smallest absolute Gasteiger partial charge is 0.174 e. The Balaban J connectivity index is 2.92. The lowest BCUT2D eigenvalue weighted by Gasteiger charge is -1.93. The molecule has 1 aromatic carbocycles. The van der Waals surface area contributed by atoms with E-state index in [9.17, 15) is 0 Å². The summed E-state index contributed by atoms with van der Waals surface area (Å²) in [5, 5.41) is 5.07. The molecule has 0 bridgehead atoms. The van der Waals surface area contributed by atoms with Crippen molar-refractivity contribution in [3.05, 3.63) is 22.7 Å². The number of benzene rings is 1. The summed E-state index contributed by atoms with van der Waals surface area (Å²) in [6.45, 7) is 1.90. The van der Waals surface area contributed by atoms with Crippen LogP contribution in [0.15, 0.2) is 16.7 Å². The van der Waals surface area contributed by atoms with Gasteiger partial charge in [0.2, 0.25) is 0 Å². The van der Waals surface area contributed by atoms with Gasteiger partial charge in [-0.05, 0) is 24.6 Å². The Hall–Kier alpha value is -1.22. The number of anilines is 1. The molecule has 0 spiro atoms. The Labute approximate surface area is 74.1 Å². The molecule has 62 valence electrons. The fourth-order valence-corrected chi connectivity index (χ4v) is 1.46. The summed E-state index contributed by atoms with van der Waals surface area (Å²) >= 11 is 5.83. The minimum absolute atomic E-state index is 0.385. The molecule has 0 saturated carbocycles. The highest BCUT2D eigenvalue weighted by molar-refractivity contribution is 6.31. The average Bonchev–Trinajstić information content (AvgIpc) is 2.33. The number of hydrogen-bond acceptors (Lipinski definition) is 3. The number of nitrogens with two attached hydrogens (primary N) is 1. The van der Waals surface area contributed by atoms with Crippen molar-refractivity contribution in [1.29, 1.82) is 0 Å². The zero-order chi connectivity index (χ0) is 8.72. The fourth-order valence-electron chi connectivity index (χ4n) is 1.19. The van der Waals surface area contributed by atoms with Gasteiger partial charge in [-0.25, -0.2) is 0 Å². The summed E-state index contributed by atoms with van der Waals surface area (Å²) in [6, 6.07) is 3.56. The third-order valence-corrected chi connectivity index (χ3v) is 1.97. The maximum absolute atomic E-state index is 5.83. The van der Waals surface area contributed by atoms with E-state index in [1.165, 1.54) is 0 Å². The third-order valence-electron chi connectivity index (χ3n) is 1.75. The first kappa shape index (κ1) is 7.43. The fraction of sp³-hybridized carbons (Fsp3) is 0.125. The molecule has 0 radical (unpaired) electrons. The van der Waals surface area contributed by atoms with Crippen molar-refractivity contribution in [3.8, 4) is 0 Å². The quantitative estimate of drug-likeness (QED) is 0.681. The van der Waals surface area contributed by atoms with Gasteiger partial charge < -0.3 is 10.3 Å². The lowest BCUT2D eigenvalue weighted by molar-refractivity contribution is 0.459. The first-order valence-electron chi connectivity index (χ1n) is 3.49. The topological polar surface area (TPSA) is 52.0 Å². The van der Waals surface area contributed by atoms with Crippen molar-refractivity contribution in [1.82, 2.24) is 5.16 Å². The van der Waals surface area contributed by atoms with Crippen molar-refractivity contribution in [2.45, 2.75) is 6.92 Å². The molecular weight excluding hydrogens is 176 g/mol. The molecule has 4 heteroatoms. The van der Waals surface area contributed by atoms with E-state index in [2.05, 4.69) is 5.16 Å². The van der Waals surface area contributed by atoms with Gasteiger partial charge in [0.05, 0.1) is 5.39 Å². The first-order valence-corrected chi connectivity index (χ1v) is 3.87. The van der Waals surface area contributed by atoms with Crippen LogP contribution in [-0.2, 0) is 0 Å². The maximum Gasteiger partial charge on any atom is 0.174 e. The highest BCUT2D eigenvalue weighted by Gasteiger charge is 2.07. The van der Waals surface area contributed by atoms with Crippen molar-refractivity contribution in [3.63, 3.8) is 0 Å². The number of nitrogens with zero attached hydrogens (tertiary/aromatic N) is 1. The van der Waals surface area contributed by atoms with Gasteiger partial charge in [-0.15, -0.1) is 0 Å². The number of rotatable bonds is 0. The summed E-state index contributed by atoms with van der Waals surface area (Å²) in [5.41, 5.74) is 7.20. The second kappa shape index (κ2) is 2.38. The third kappa shape index (κ3) is 0.940. The lowest BCUT2D eigenvalue weighted by Crippen LogP contribution is -1.83. The van der Waals surface area contributed by atoms with Gasteiger partial charge in [-0.3, -0.25) is 0 Å². The predicted molar refractivity (Wildman–Crippen MR) is 48.2 cm³/mol. The molecule has 1 heterocycles. The average molecular weight is 183 g/mol. The van der Waals surface area contributed by atoms with E-state index in [0.717, 1.165) is 10.9 Å². The van der Waals surface area contributed by atoms with Crippen LogP contribution in [0.3, 0.4) is 0 Å². The van der Waals surface area contributed by atoms with Crippen molar-refractivity contribution >= 4 is 28.4 Å². The van der Waals surface area contributed by atoms with Gasteiger partial charge in [-0.1, -0.05) is 16.8 Å². The van der Waals surface area contributed by atoms with E-state index in [0.29, 0.717) is 16.4 Å². The van der Waals surface area contributed by atoms with Crippen LogP contribution >= 0.6 is 11.6 Å². The monoisotopic (exact) mass is 182 g/mol. The molecule has 2 N–H and O–H groups in total. The van der Waals surface area contributed by atoms with Crippen LogP contribution in [0.2, 0.25) is 5.02 Å². The minimum atomic E-state index is 0.385. The molecule has 0 aliphatic rings. The normalized spacial score (nSPS) is 10.8. The molecule has 0 fully saturated rings. The van der Waals surface area contributed by atoms with E-state index < -0.39 is 0 Å². The molecule has 0 saturated heterocycles. The van der Waals surface area contributed by atoms with Gasteiger partial charge in [0.15, 0.2) is 11.4 Å². The molecule has 2 aromatic rings. The number of halogens is 1. The number of fused-ring (bicyclic) bond motifs is 1. The van der Waals surface area contributed by atoms with Crippen molar-refractivity contribution in [2.24, 2.45) is 0 Å². The second-order valence-electron chi connectivity index (χ2n) is 2.67. The molecule has 0 aliphatic carbocycles. The molecule has 0 unspecified atom stereocenters. The predicted octanol–water partition coefficient (Wildman–Crippen LogP) is 2.37. The zero-order valence-electron chi connectivity index (χ0n) is 6.47. The largest absolute Gasteiger partial charge is 0.380 e. The second-order valence-corrected chi connectivity index (χ2v) is 3.10. The minimum Gasteiger partial charge on any atom is -0.380 e. The number of aryl methyl sites for hydroxylation is 1. The van der Waals surface area contributed by atoms with Gasteiger partial charge in [0.1, 0.15) is 0 Å². The Morgan fingerprint density at radius 3 is 3.00 bits per heavy atom. The highest BCUT2D eigenvalue weighted by atomic mass is 35.5. The van der Waals surface area contributed by atoms with Crippen molar-refractivity contribution in [2.75, 3.05) is 5.73 Å². The zero-order valence-corrected chi connectivity index (χ0v) is 7.22. The molecule has 0 amide bonds. The Bertz CT molecular complexity index is 436.